The molecule has 3 N–H and O–H groups in total. The van der Waals surface area contributed by atoms with E-state index in [1.165, 1.54) is 0 Å². The summed E-state index contributed by atoms with van der Waals surface area (Å²) in [7, 11) is 0. The minimum atomic E-state index is -0.676. The molecule has 5 heteroatoms. The molecule has 0 aliphatic carbocycles. The van der Waals surface area contributed by atoms with Gasteiger partial charge < -0.3 is 15.6 Å². The van der Waals surface area contributed by atoms with Gasteiger partial charge in [0, 0.05) is 12.8 Å². The van der Waals surface area contributed by atoms with Crippen molar-refractivity contribution in [2.45, 2.75) is 58.3 Å². The molecule has 1 rings (SSSR count). The Balaban J connectivity index is 2.42. The first kappa shape index (κ1) is 18.3. The fourth-order valence-electron chi connectivity index (χ4n) is 1.92. The molecule has 5 nitrogen and oxygen atoms in total. The zero-order chi connectivity index (χ0) is 16.8. The highest BCUT2D eigenvalue weighted by Crippen LogP contribution is 2.11. The molecule has 0 unspecified atom stereocenters. The number of aliphatic hydroxyl groups excluding tert-OH is 1. The van der Waals surface area contributed by atoms with Gasteiger partial charge >= 0.3 is 5.97 Å². The smallest absolute Gasteiger partial charge is 0.306 e. The number of esters is 1. The first-order chi connectivity index (χ1) is 10.2. The van der Waals surface area contributed by atoms with Crippen molar-refractivity contribution >= 4 is 11.8 Å². The Bertz CT molecular complexity index is 502. The first-order valence-electron chi connectivity index (χ1n) is 7.40. The molecule has 0 amide bonds. The van der Waals surface area contributed by atoms with Gasteiger partial charge in [-0.3, -0.25) is 9.59 Å². The number of aliphatic hydroxyl groups is 1. The van der Waals surface area contributed by atoms with Gasteiger partial charge in [0.25, 0.3) is 0 Å². The molecular formula is C17H25NO4. The summed E-state index contributed by atoms with van der Waals surface area (Å²) in [5.41, 5.74) is 6.95. The largest absolute Gasteiger partial charge is 0.460 e. The molecule has 1 atom stereocenters. The molecule has 0 heterocycles. The number of carbonyl (C=O) groups is 2. The molecule has 122 valence electrons. The van der Waals surface area contributed by atoms with Crippen molar-refractivity contribution in [2.75, 3.05) is 0 Å². The lowest BCUT2D eigenvalue weighted by molar-refractivity contribution is -0.155. The third-order valence-corrected chi connectivity index (χ3v) is 3.08. The molecule has 0 saturated heterocycles. The van der Waals surface area contributed by atoms with E-state index in [0.29, 0.717) is 0 Å². The summed E-state index contributed by atoms with van der Waals surface area (Å²) in [4.78, 5) is 23.6. The van der Waals surface area contributed by atoms with Crippen LogP contribution in [-0.2, 0) is 27.4 Å². The van der Waals surface area contributed by atoms with Crippen molar-refractivity contribution in [1.29, 1.82) is 0 Å². The lowest BCUT2D eigenvalue weighted by Crippen LogP contribution is -2.33. The van der Waals surface area contributed by atoms with Crippen LogP contribution in [0, 0.1) is 0 Å². The summed E-state index contributed by atoms with van der Waals surface area (Å²) in [6.45, 7) is 5.37. The van der Waals surface area contributed by atoms with E-state index < -0.39 is 11.6 Å². The summed E-state index contributed by atoms with van der Waals surface area (Å²) < 4.78 is 5.18. The van der Waals surface area contributed by atoms with Crippen LogP contribution in [0.15, 0.2) is 24.3 Å². The number of nitrogens with two attached hydrogens (primary N) is 1. The average molecular weight is 307 g/mol. The maximum absolute atomic E-state index is 12.0. The van der Waals surface area contributed by atoms with E-state index in [2.05, 4.69) is 0 Å². The molecule has 0 bridgehead atoms. The lowest BCUT2D eigenvalue weighted by atomic mass is 10.00. The Morgan fingerprint density at radius 1 is 1.18 bits per heavy atom. The van der Waals surface area contributed by atoms with Crippen LogP contribution in [0.5, 0.6) is 0 Å². The highest BCUT2D eigenvalue weighted by atomic mass is 16.6. The van der Waals surface area contributed by atoms with Gasteiger partial charge in [-0.2, -0.15) is 0 Å². The molecule has 0 spiro atoms. The van der Waals surface area contributed by atoms with E-state index in [-0.39, 0.29) is 37.6 Å². The van der Waals surface area contributed by atoms with Crippen molar-refractivity contribution in [2.24, 2.45) is 5.73 Å². The van der Waals surface area contributed by atoms with Crippen molar-refractivity contribution in [3.05, 3.63) is 35.4 Å². The van der Waals surface area contributed by atoms with E-state index in [9.17, 15) is 9.59 Å². The highest BCUT2D eigenvalue weighted by molar-refractivity contribution is 5.86. The third kappa shape index (κ3) is 6.83. The average Bonchev–Trinajstić information content (AvgIpc) is 2.43. The molecule has 0 aliphatic rings. The molecule has 1 aromatic carbocycles. The maximum Gasteiger partial charge on any atom is 0.306 e. The summed E-state index contributed by atoms with van der Waals surface area (Å²) >= 11 is 0. The van der Waals surface area contributed by atoms with Crippen LogP contribution in [-0.4, -0.2) is 28.5 Å². The summed E-state index contributed by atoms with van der Waals surface area (Å²) in [6, 6.07) is 6.46. The Morgan fingerprint density at radius 2 is 1.73 bits per heavy atom. The topological polar surface area (TPSA) is 89.6 Å². The fourth-order valence-corrected chi connectivity index (χ4v) is 1.92. The van der Waals surface area contributed by atoms with Gasteiger partial charge in [-0.05, 0) is 38.3 Å². The third-order valence-electron chi connectivity index (χ3n) is 3.08. The van der Waals surface area contributed by atoms with Crippen molar-refractivity contribution < 1.29 is 19.4 Å². The Morgan fingerprint density at radius 3 is 2.23 bits per heavy atom. The zero-order valence-electron chi connectivity index (χ0n) is 13.5. The predicted octanol–water partition coefficient (Wildman–Crippen LogP) is 1.74. The second-order valence-corrected chi connectivity index (χ2v) is 6.35. The minimum absolute atomic E-state index is 0.0242. The molecule has 0 fully saturated rings. The predicted molar refractivity (Wildman–Crippen MR) is 84.1 cm³/mol. The Kier molecular flexibility index (Phi) is 6.71. The number of hydrogen-bond acceptors (Lipinski definition) is 5. The molecule has 0 aliphatic heterocycles. The number of ether oxygens (including phenoxy) is 1. The van der Waals surface area contributed by atoms with E-state index in [1.54, 1.807) is 45.0 Å². The molecule has 0 saturated carbocycles. The molecule has 0 radical (unpaired) electrons. The van der Waals surface area contributed by atoms with Crippen LogP contribution in [0.2, 0.25) is 0 Å². The van der Waals surface area contributed by atoms with Crippen molar-refractivity contribution in [3.8, 4) is 0 Å². The first-order valence-corrected chi connectivity index (χ1v) is 7.40. The van der Waals surface area contributed by atoms with Crippen LogP contribution < -0.4 is 5.73 Å². The molecular weight excluding hydrogens is 282 g/mol. The summed E-state index contributed by atoms with van der Waals surface area (Å²) in [5.74, 6) is -0.455. The Hall–Kier alpha value is -1.72. The van der Waals surface area contributed by atoms with Crippen molar-refractivity contribution in [1.82, 2.24) is 0 Å². The van der Waals surface area contributed by atoms with Crippen LogP contribution in [0.3, 0.4) is 0 Å². The monoisotopic (exact) mass is 307 g/mol. The normalized spacial score (nSPS) is 12.8. The fraction of sp³-hybridized carbons (Fsp3) is 0.529. The van der Waals surface area contributed by atoms with Crippen LogP contribution in [0.4, 0.5) is 0 Å². The van der Waals surface area contributed by atoms with Gasteiger partial charge in [-0.15, -0.1) is 0 Å². The van der Waals surface area contributed by atoms with Gasteiger partial charge in [-0.1, -0.05) is 24.3 Å². The van der Waals surface area contributed by atoms with Gasteiger partial charge in [-0.25, -0.2) is 0 Å². The summed E-state index contributed by atoms with van der Waals surface area (Å²) in [6.07, 6.45) is 0.636. The molecule has 0 aromatic heterocycles. The van der Waals surface area contributed by atoms with Crippen LogP contribution in [0.25, 0.3) is 0 Å². The minimum Gasteiger partial charge on any atom is -0.460 e. The SMILES string of the molecule is CC(C)(C)OC(=O)CC[C@H](N)C(=O)Cc1ccc(CO)cc1. The lowest BCUT2D eigenvalue weighted by Gasteiger charge is -2.20. The van der Waals surface area contributed by atoms with Crippen LogP contribution >= 0.6 is 0 Å². The van der Waals surface area contributed by atoms with E-state index in [1.807, 2.05) is 0 Å². The van der Waals surface area contributed by atoms with Crippen molar-refractivity contribution in [3.63, 3.8) is 0 Å². The van der Waals surface area contributed by atoms with E-state index >= 15 is 0 Å². The number of carbonyl (C=O) groups excluding carboxylic acids is 2. The number of ketones is 1. The maximum atomic E-state index is 12.0. The van der Waals surface area contributed by atoms with E-state index in [4.69, 9.17) is 15.6 Å². The van der Waals surface area contributed by atoms with Gasteiger partial charge in [0.1, 0.15) is 5.60 Å². The molecule has 22 heavy (non-hydrogen) atoms. The number of hydrogen-bond donors (Lipinski definition) is 2. The molecule has 1 aromatic rings. The quantitative estimate of drug-likeness (QED) is 0.749. The van der Waals surface area contributed by atoms with Gasteiger partial charge in [0.2, 0.25) is 0 Å². The zero-order valence-corrected chi connectivity index (χ0v) is 13.5. The standard InChI is InChI=1S/C17H25NO4/c1-17(2,3)22-16(21)9-8-14(18)15(20)10-12-4-6-13(11-19)7-5-12/h4-7,14,19H,8-11,18H2,1-3H3/t14-/m0/s1. The second kappa shape index (κ2) is 8.06. The van der Waals surface area contributed by atoms with E-state index in [0.717, 1.165) is 11.1 Å². The van der Waals surface area contributed by atoms with Crippen LogP contribution in [0.1, 0.15) is 44.7 Å². The summed E-state index contributed by atoms with van der Waals surface area (Å²) in [5, 5.41) is 8.97. The van der Waals surface area contributed by atoms with Gasteiger partial charge in [0.15, 0.2) is 5.78 Å². The number of rotatable bonds is 7. The number of Topliss-reactive ketones (excluding diaryl/α,β-unsaturated/α-hetero) is 1. The Labute approximate surface area is 131 Å². The number of benzene rings is 1. The second-order valence-electron chi connectivity index (χ2n) is 6.35. The highest BCUT2D eigenvalue weighted by Gasteiger charge is 2.19. The van der Waals surface area contributed by atoms with Gasteiger partial charge in [0.05, 0.1) is 12.6 Å².